The first kappa shape index (κ1) is 18.7. The molecular formula is C24H23N3O2. The topological polar surface area (TPSA) is 52.7 Å². The van der Waals surface area contributed by atoms with Crippen molar-refractivity contribution < 1.29 is 9.59 Å². The zero-order valence-corrected chi connectivity index (χ0v) is 16.3. The molecule has 0 saturated heterocycles. The van der Waals surface area contributed by atoms with Gasteiger partial charge in [0.15, 0.2) is 0 Å². The number of hydrogen-bond donors (Lipinski definition) is 1. The Morgan fingerprint density at radius 1 is 0.966 bits per heavy atom. The van der Waals surface area contributed by atoms with Crippen LogP contribution in [0.1, 0.15) is 15.9 Å². The number of anilines is 3. The number of carbonyl (C=O) groups is 2. The summed E-state index contributed by atoms with van der Waals surface area (Å²) in [7, 11) is 1.75. The summed E-state index contributed by atoms with van der Waals surface area (Å²) in [6.07, 6.45) is 0.875. The van der Waals surface area contributed by atoms with Gasteiger partial charge in [-0.3, -0.25) is 9.59 Å². The van der Waals surface area contributed by atoms with Crippen LogP contribution in [0, 0.1) is 0 Å². The highest BCUT2D eigenvalue weighted by molar-refractivity contribution is 6.07. The molecule has 0 spiro atoms. The second-order valence-corrected chi connectivity index (χ2v) is 7.06. The first-order valence-electron chi connectivity index (χ1n) is 9.69. The van der Waals surface area contributed by atoms with Crippen LogP contribution >= 0.6 is 0 Å². The minimum Gasteiger partial charge on any atom is -0.376 e. The SMILES string of the molecule is CN(C(=O)CNc1cccc(C(=O)N2CCc3ccccc32)c1)c1ccccc1. The van der Waals surface area contributed by atoms with Crippen LogP contribution in [-0.2, 0) is 11.2 Å². The van der Waals surface area contributed by atoms with E-state index in [4.69, 9.17) is 0 Å². The van der Waals surface area contributed by atoms with Gasteiger partial charge >= 0.3 is 0 Å². The van der Waals surface area contributed by atoms with Gasteiger partial charge in [0.05, 0.1) is 6.54 Å². The fourth-order valence-electron chi connectivity index (χ4n) is 3.56. The predicted octanol–water partition coefficient (Wildman–Crippen LogP) is 3.96. The standard InChI is InChI=1S/C24H23N3O2/c1-26(21-11-3-2-4-12-21)23(28)17-25-20-10-7-9-19(16-20)24(29)27-15-14-18-8-5-6-13-22(18)27/h2-13,16,25H,14-15,17H2,1H3. The Labute approximate surface area is 170 Å². The number of para-hydroxylation sites is 2. The van der Waals surface area contributed by atoms with E-state index in [0.29, 0.717) is 12.1 Å². The normalized spacial score (nSPS) is 12.4. The van der Waals surface area contributed by atoms with E-state index in [1.54, 1.807) is 18.0 Å². The molecule has 1 aliphatic rings. The lowest BCUT2D eigenvalue weighted by Crippen LogP contribution is -2.32. The van der Waals surface area contributed by atoms with Crippen molar-refractivity contribution in [1.82, 2.24) is 0 Å². The molecule has 4 rings (SSSR count). The van der Waals surface area contributed by atoms with Crippen LogP contribution in [-0.4, -0.2) is 32.0 Å². The monoisotopic (exact) mass is 385 g/mol. The number of nitrogens with zero attached hydrogens (tertiary/aromatic N) is 2. The number of carbonyl (C=O) groups excluding carboxylic acids is 2. The molecule has 1 N–H and O–H groups in total. The number of hydrogen-bond acceptors (Lipinski definition) is 3. The Morgan fingerprint density at radius 3 is 2.55 bits per heavy atom. The van der Waals surface area contributed by atoms with Crippen molar-refractivity contribution in [2.75, 3.05) is 35.3 Å². The van der Waals surface area contributed by atoms with Crippen LogP contribution in [0.4, 0.5) is 17.1 Å². The Kier molecular flexibility index (Phi) is 5.29. The maximum Gasteiger partial charge on any atom is 0.258 e. The third kappa shape index (κ3) is 3.99. The molecule has 1 heterocycles. The lowest BCUT2D eigenvalue weighted by Gasteiger charge is -2.19. The smallest absolute Gasteiger partial charge is 0.258 e. The van der Waals surface area contributed by atoms with Crippen LogP contribution in [0.25, 0.3) is 0 Å². The predicted molar refractivity (Wildman–Crippen MR) is 117 cm³/mol. The largest absolute Gasteiger partial charge is 0.376 e. The van der Waals surface area contributed by atoms with Crippen molar-refractivity contribution in [2.24, 2.45) is 0 Å². The lowest BCUT2D eigenvalue weighted by molar-refractivity contribution is -0.116. The fraction of sp³-hybridized carbons (Fsp3) is 0.167. The van der Waals surface area contributed by atoms with E-state index < -0.39 is 0 Å². The van der Waals surface area contributed by atoms with Crippen molar-refractivity contribution in [3.63, 3.8) is 0 Å². The molecule has 0 aliphatic carbocycles. The molecule has 146 valence electrons. The Bertz CT molecular complexity index is 1030. The molecule has 0 atom stereocenters. The Morgan fingerprint density at radius 2 is 1.72 bits per heavy atom. The number of likely N-dealkylation sites (N-methyl/N-ethyl adjacent to an activating group) is 1. The minimum absolute atomic E-state index is 0.0219. The summed E-state index contributed by atoms with van der Waals surface area (Å²) in [6, 6.07) is 24.8. The molecule has 5 nitrogen and oxygen atoms in total. The van der Waals surface area contributed by atoms with E-state index >= 15 is 0 Å². The number of benzene rings is 3. The van der Waals surface area contributed by atoms with Gasteiger partial charge in [-0.15, -0.1) is 0 Å². The van der Waals surface area contributed by atoms with Gasteiger partial charge in [0.1, 0.15) is 0 Å². The van der Waals surface area contributed by atoms with Gasteiger partial charge < -0.3 is 15.1 Å². The van der Waals surface area contributed by atoms with E-state index in [-0.39, 0.29) is 18.4 Å². The van der Waals surface area contributed by atoms with Crippen molar-refractivity contribution in [3.8, 4) is 0 Å². The minimum atomic E-state index is -0.0543. The van der Waals surface area contributed by atoms with Gasteiger partial charge in [0.2, 0.25) is 5.91 Å². The molecule has 5 heteroatoms. The highest BCUT2D eigenvalue weighted by Gasteiger charge is 2.25. The summed E-state index contributed by atoms with van der Waals surface area (Å²) in [4.78, 5) is 28.9. The Hall–Kier alpha value is -3.60. The molecule has 0 radical (unpaired) electrons. The molecule has 0 unspecified atom stereocenters. The van der Waals surface area contributed by atoms with Crippen LogP contribution in [0.3, 0.4) is 0 Å². The number of nitrogens with one attached hydrogen (secondary N) is 1. The van der Waals surface area contributed by atoms with E-state index in [1.807, 2.05) is 71.6 Å². The van der Waals surface area contributed by atoms with Gasteiger partial charge in [-0.1, -0.05) is 42.5 Å². The molecule has 0 fully saturated rings. The maximum absolute atomic E-state index is 13.0. The first-order valence-corrected chi connectivity index (χ1v) is 9.69. The second-order valence-electron chi connectivity index (χ2n) is 7.06. The van der Waals surface area contributed by atoms with Crippen molar-refractivity contribution in [2.45, 2.75) is 6.42 Å². The number of amides is 2. The molecule has 29 heavy (non-hydrogen) atoms. The van der Waals surface area contributed by atoms with Crippen molar-refractivity contribution in [3.05, 3.63) is 90.0 Å². The zero-order valence-electron chi connectivity index (χ0n) is 16.3. The molecular weight excluding hydrogens is 362 g/mol. The quantitative estimate of drug-likeness (QED) is 0.723. The highest BCUT2D eigenvalue weighted by Crippen LogP contribution is 2.29. The van der Waals surface area contributed by atoms with Crippen molar-refractivity contribution in [1.29, 1.82) is 0 Å². The average Bonchev–Trinajstić information content (AvgIpc) is 3.21. The van der Waals surface area contributed by atoms with Crippen LogP contribution in [0.15, 0.2) is 78.9 Å². The van der Waals surface area contributed by atoms with Crippen LogP contribution < -0.4 is 15.1 Å². The lowest BCUT2D eigenvalue weighted by atomic mass is 10.1. The van der Waals surface area contributed by atoms with Gasteiger partial charge in [0.25, 0.3) is 5.91 Å². The van der Waals surface area contributed by atoms with Gasteiger partial charge in [-0.2, -0.15) is 0 Å². The van der Waals surface area contributed by atoms with E-state index in [0.717, 1.165) is 23.5 Å². The van der Waals surface area contributed by atoms with Crippen molar-refractivity contribution >= 4 is 28.9 Å². The highest BCUT2D eigenvalue weighted by atomic mass is 16.2. The molecule has 2 amide bonds. The third-order valence-electron chi connectivity index (χ3n) is 5.20. The van der Waals surface area contributed by atoms with Gasteiger partial charge in [-0.25, -0.2) is 0 Å². The average molecular weight is 385 g/mol. The molecule has 3 aromatic carbocycles. The van der Waals surface area contributed by atoms with E-state index in [1.165, 1.54) is 5.56 Å². The Balaban J connectivity index is 1.43. The van der Waals surface area contributed by atoms with Crippen LogP contribution in [0.2, 0.25) is 0 Å². The summed E-state index contributed by atoms with van der Waals surface area (Å²) in [5, 5.41) is 3.14. The first-order chi connectivity index (χ1) is 14.1. The molecule has 1 aliphatic heterocycles. The number of fused-ring (bicyclic) bond motifs is 1. The number of rotatable bonds is 5. The molecule has 0 bridgehead atoms. The summed E-state index contributed by atoms with van der Waals surface area (Å²) >= 11 is 0. The summed E-state index contributed by atoms with van der Waals surface area (Å²) < 4.78 is 0. The second kappa shape index (κ2) is 8.19. The maximum atomic E-state index is 13.0. The third-order valence-corrected chi connectivity index (χ3v) is 5.20. The molecule has 3 aromatic rings. The van der Waals surface area contributed by atoms with E-state index in [2.05, 4.69) is 11.4 Å². The summed E-state index contributed by atoms with van der Waals surface area (Å²) in [5.74, 6) is -0.0762. The van der Waals surface area contributed by atoms with Crippen LogP contribution in [0.5, 0.6) is 0 Å². The zero-order chi connectivity index (χ0) is 20.2. The van der Waals surface area contributed by atoms with Gasteiger partial charge in [0, 0.05) is 36.2 Å². The van der Waals surface area contributed by atoms with Gasteiger partial charge in [-0.05, 0) is 48.4 Å². The molecule has 0 aromatic heterocycles. The summed E-state index contributed by atoms with van der Waals surface area (Å²) in [6.45, 7) is 0.839. The fourth-order valence-corrected chi connectivity index (χ4v) is 3.56. The van der Waals surface area contributed by atoms with E-state index in [9.17, 15) is 9.59 Å². The molecule has 0 saturated carbocycles. The summed E-state index contributed by atoms with van der Waals surface area (Å²) in [5.41, 5.74) is 4.38.